The molecule has 0 aliphatic heterocycles. The Morgan fingerprint density at radius 2 is 2.25 bits per heavy atom. The second-order valence-corrected chi connectivity index (χ2v) is 7.28. The summed E-state index contributed by atoms with van der Waals surface area (Å²) in [5.74, 6) is 0.658. The van der Waals surface area contributed by atoms with Crippen molar-refractivity contribution in [1.82, 2.24) is 4.98 Å². The van der Waals surface area contributed by atoms with Gasteiger partial charge in [0.05, 0.1) is 5.60 Å². The van der Waals surface area contributed by atoms with E-state index in [0.717, 1.165) is 30.4 Å². The van der Waals surface area contributed by atoms with Gasteiger partial charge in [-0.3, -0.25) is 0 Å². The van der Waals surface area contributed by atoms with Crippen molar-refractivity contribution >= 4 is 34.6 Å². The molecule has 0 radical (unpaired) electrons. The fourth-order valence-corrected chi connectivity index (χ4v) is 4.97. The molecular formula is C15H19NO2S2. The smallest absolute Gasteiger partial charge is 0.256 e. The zero-order valence-electron chi connectivity index (χ0n) is 11.5. The largest absolute Gasteiger partial charge is 0.431 e. The third-order valence-corrected chi connectivity index (χ3v) is 6.24. The maximum absolute atomic E-state index is 10.9. The van der Waals surface area contributed by atoms with Crippen molar-refractivity contribution in [2.75, 3.05) is 12.0 Å². The molecule has 1 heterocycles. The van der Waals surface area contributed by atoms with Crippen LogP contribution in [0.5, 0.6) is 0 Å². The lowest BCUT2D eigenvalue weighted by Crippen LogP contribution is -2.45. The lowest BCUT2D eigenvalue weighted by Gasteiger charge is -2.38. The van der Waals surface area contributed by atoms with Crippen molar-refractivity contribution in [3.63, 3.8) is 0 Å². The lowest BCUT2D eigenvalue weighted by molar-refractivity contribution is 0.0339. The summed E-state index contributed by atoms with van der Waals surface area (Å²) in [6, 6.07) is 7.77. The third kappa shape index (κ3) is 2.85. The average Bonchev–Trinajstić information content (AvgIpc) is 2.89. The van der Waals surface area contributed by atoms with Crippen LogP contribution >= 0.6 is 23.5 Å². The van der Waals surface area contributed by atoms with Crippen LogP contribution < -0.4 is 0 Å². The molecule has 1 saturated carbocycles. The summed E-state index contributed by atoms with van der Waals surface area (Å²) >= 11 is 3.31. The number of hydrogen-bond donors (Lipinski definition) is 1. The highest BCUT2D eigenvalue weighted by molar-refractivity contribution is 8.00. The Balaban J connectivity index is 1.71. The van der Waals surface area contributed by atoms with Crippen LogP contribution in [-0.4, -0.2) is 33.0 Å². The van der Waals surface area contributed by atoms with Gasteiger partial charge < -0.3 is 9.52 Å². The van der Waals surface area contributed by atoms with Crippen LogP contribution in [0.2, 0.25) is 0 Å². The molecule has 2 aromatic rings. The molecule has 0 spiro atoms. The Morgan fingerprint density at radius 3 is 3.05 bits per heavy atom. The van der Waals surface area contributed by atoms with Gasteiger partial charge in [0.15, 0.2) is 5.58 Å². The number of rotatable bonds is 4. The number of hydrogen-bond acceptors (Lipinski definition) is 5. The number of benzene rings is 1. The van der Waals surface area contributed by atoms with Crippen LogP contribution in [0.1, 0.15) is 25.7 Å². The molecule has 2 atom stereocenters. The predicted molar refractivity (Wildman–Crippen MR) is 85.5 cm³/mol. The molecular weight excluding hydrogens is 290 g/mol. The maximum Gasteiger partial charge on any atom is 0.256 e. The molecule has 1 aliphatic rings. The Labute approximate surface area is 127 Å². The predicted octanol–water partition coefficient (Wildman–Crippen LogP) is 3.96. The number of aliphatic hydroxyl groups is 1. The van der Waals surface area contributed by atoms with Crippen LogP contribution in [0.3, 0.4) is 0 Å². The van der Waals surface area contributed by atoms with Gasteiger partial charge in [0.25, 0.3) is 5.22 Å². The Kier molecular flexibility index (Phi) is 4.29. The first kappa shape index (κ1) is 14.3. The lowest BCUT2D eigenvalue weighted by atomic mass is 9.86. The molecule has 0 amide bonds. The van der Waals surface area contributed by atoms with E-state index >= 15 is 0 Å². The summed E-state index contributed by atoms with van der Waals surface area (Å²) in [6.07, 6.45) is 6.41. The second kappa shape index (κ2) is 6.00. The molecule has 0 saturated heterocycles. The summed E-state index contributed by atoms with van der Waals surface area (Å²) in [5, 5.41) is 11.8. The minimum atomic E-state index is -0.594. The van der Waals surface area contributed by atoms with Gasteiger partial charge in [0.2, 0.25) is 0 Å². The Bertz CT molecular complexity index is 553. The molecule has 3 rings (SSSR count). The normalized spacial score (nSPS) is 27.0. The van der Waals surface area contributed by atoms with Crippen molar-refractivity contribution in [3.8, 4) is 0 Å². The van der Waals surface area contributed by atoms with E-state index in [-0.39, 0.29) is 0 Å². The molecule has 108 valence electrons. The highest BCUT2D eigenvalue weighted by Crippen LogP contribution is 2.39. The molecule has 1 N–H and O–H groups in total. The zero-order chi connectivity index (χ0) is 14.0. The summed E-state index contributed by atoms with van der Waals surface area (Å²) in [4.78, 5) is 4.46. The first-order valence-corrected chi connectivity index (χ1v) is 9.22. The molecule has 1 aromatic carbocycles. The molecule has 1 fully saturated rings. The van der Waals surface area contributed by atoms with Gasteiger partial charge >= 0.3 is 0 Å². The van der Waals surface area contributed by atoms with Crippen molar-refractivity contribution in [2.24, 2.45) is 0 Å². The standard InChI is InChI=1S/C15H19NO2S2/c1-19-13-8-4-5-9-15(13,17)10-20-14-16-11-6-2-3-7-12(11)18-14/h2-3,6-7,13,17H,4-5,8-10H2,1H3/t13-,15+/m0/s1. The SMILES string of the molecule is CS[C@H]1CCCC[C@@]1(O)CSc1nc2ccccc2o1. The van der Waals surface area contributed by atoms with Crippen molar-refractivity contribution in [3.05, 3.63) is 24.3 Å². The van der Waals surface area contributed by atoms with Crippen molar-refractivity contribution in [2.45, 2.75) is 41.8 Å². The molecule has 3 nitrogen and oxygen atoms in total. The molecule has 1 aromatic heterocycles. The van der Waals surface area contributed by atoms with Gasteiger partial charge in [-0.15, -0.1) is 0 Å². The Morgan fingerprint density at radius 1 is 1.40 bits per heavy atom. The fourth-order valence-electron chi connectivity index (χ4n) is 2.79. The van der Waals surface area contributed by atoms with Gasteiger partial charge in [0.1, 0.15) is 5.52 Å². The average molecular weight is 309 g/mol. The number of nitrogens with zero attached hydrogens (tertiary/aromatic N) is 1. The third-order valence-electron chi connectivity index (χ3n) is 3.93. The summed E-state index contributed by atoms with van der Waals surface area (Å²) in [7, 11) is 0. The van der Waals surface area contributed by atoms with E-state index in [4.69, 9.17) is 4.42 Å². The van der Waals surface area contributed by atoms with Crippen LogP contribution in [0, 0.1) is 0 Å². The van der Waals surface area contributed by atoms with Gasteiger partial charge in [0, 0.05) is 11.0 Å². The first-order valence-electron chi connectivity index (χ1n) is 6.95. The van der Waals surface area contributed by atoms with Crippen molar-refractivity contribution in [1.29, 1.82) is 0 Å². The first-order chi connectivity index (χ1) is 9.71. The number of oxazole rings is 1. The minimum Gasteiger partial charge on any atom is -0.431 e. The summed E-state index contributed by atoms with van der Waals surface area (Å²) < 4.78 is 5.71. The monoisotopic (exact) mass is 309 g/mol. The molecule has 1 aliphatic carbocycles. The molecule has 5 heteroatoms. The quantitative estimate of drug-likeness (QED) is 0.866. The van der Waals surface area contributed by atoms with E-state index in [1.165, 1.54) is 18.2 Å². The van der Waals surface area contributed by atoms with E-state index in [1.807, 2.05) is 24.3 Å². The molecule has 20 heavy (non-hydrogen) atoms. The number of aromatic nitrogens is 1. The van der Waals surface area contributed by atoms with E-state index in [0.29, 0.717) is 16.2 Å². The van der Waals surface area contributed by atoms with E-state index in [9.17, 15) is 5.11 Å². The summed E-state index contributed by atoms with van der Waals surface area (Å²) in [6.45, 7) is 0. The number of fused-ring (bicyclic) bond motifs is 1. The number of thioether (sulfide) groups is 2. The number of para-hydroxylation sites is 2. The van der Waals surface area contributed by atoms with Gasteiger partial charge in [-0.05, 0) is 31.2 Å². The van der Waals surface area contributed by atoms with Crippen LogP contribution in [-0.2, 0) is 0 Å². The molecule has 0 bridgehead atoms. The fraction of sp³-hybridized carbons (Fsp3) is 0.533. The topological polar surface area (TPSA) is 46.3 Å². The zero-order valence-corrected chi connectivity index (χ0v) is 13.2. The van der Waals surface area contributed by atoms with E-state index < -0.39 is 5.60 Å². The van der Waals surface area contributed by atoms with Crippen LogP contribution in [0.15, 0.2) is 33.9 Å². The highest BCUT2D eigenvalue weighted by Gasteiger charge is 2.38. The second-order valence-electron chi connectivity index (χ2n) is 5.31. The van der Waals surface area contributed by atoms with Gasteiger partial charge in [-0.1, -0.05) is 36.7 Å². The van der Waals surface area contributed by atoms with Crippen LogP contribution in [0.25, 0.3) is 11.1 Å². The van der Waals surface area contributed by atoms with Gasteiger partial charge in [-0.2, -0.15) is 11.8 Å². The maximum atomic E-state index is 10.9. The van der Waals surface area contributed by atoms with Crippen LogP contribution in [0.4, 0.5) is 0 Å². The minimum absolute atomic E-state index is 0.327. The van der Waals surface area contributed by atoms with E-state index in [1.54, 1.807) is 11.8 Å². The van der Waals surface area contributed by atoms with Crippen molar-refractivity contribution < 1.29 is 9.52 Å². The highest BCUT2D eigenvalue weighted by atomic mass is 32.2. The van der Waals surface area contributed by atoms with Gasteiger partial charge in [-0.25, -0.2) is 4.98 Å². The summed E-state index contributed by atoms with van der Waals surface area (Å²) in [5.41, 5.74) is 1.10. The Hall–Kier alpha value is -0.650. The molecule has 0 unspecified atom stereocenters. The van der Waals surface area contributed by atoms with E-state index in [2.05, 4.69) is 11.2 Å².